The van der Waals surface area contributed by atoms with Gasteiger partial charge in [-0.1, -0.05) is 305 Å². The van der Waals surface area contributed by atoms with Gasteiger partial charge in [0.1, 0.15) is 15.9 Å². The van der Waals surface area contributed by atoms with Crippen LogP contribution in [0.25, 0.3) is 11.6 Å². The van der Waals surface area contributed by atoms with E-state index in [2.05, 4.69) is 497 Å². The van der Waals surface area contributed by atoms with Crippen LogP contribution in [0.15, 0.2) is 340 Å². The molecule has 0 aromatic heterocycles. The smallest absolute Gasteiger partial charge is 0.0620 e. The molecule has 3 aliphatic rings. The maximum atomic E-state index is 6.19. The molecule has 0 radical (unpaired) electrons. The molecule has 718 valence electrons. The van der Waals surface area contributed by atoms with Gasteiger partial charge in [-0.2, -0.15) is 13.3 Å². The Morgan fingerprint density at radius 1 is 0.326 bits per heavy atom. The number of hydrogen-bond acceptors (Lipinski definition) is 6. The number of hydrogen-bond donors (Lipinski definition) is 0. The predicted molar refractivity (Wildman–Crippen MR) is 588 cm³/mol. The second-order valence-electron chi connectivity index (χ2n) is 37.1. The van der Waals surface area contributed by atoms with E-state index in [4.69, 9.17) is 38.8 Å². The molecule has 0 atom stereocenters. The predicted octanol–water partition coefficient (Wildman–Crippen LogP) is 32.1. The Hall–Kier alpha value is -8.15. The normalized spacial score (nSPS) is 12.9. The first-order valence-corrected chi connectivity index (χ1v) is 60.9. The summed E-state index contributed by atoms with van der Waals surface area (Å²) < 4.78 is 3.14. The number of para-hydroxylation sites is 4. The molecule has 16 rings (SSSR count). The first-order chi connectivity index (χ1) is 65.1. The number of benzene rings is 13. The Bertz CT molecular complexity index is 5430. The van der Waals surface area contributed by atoms with Gasteiger partial charge in [0, 0.05) is 62.0 Å². The van der Waals surface area contributed by atoms with Crippen LogP contribution in [0.3, 0.4) is 0 Å². The van der Waals surface area contributed by atoms with Crippen LogP contribution in [0.2, 0.25) is 0 Å². The van der Waals surface area contributed by atoms with E-state index >= 15 is 0 Å². The van der Waals surface area contributed by atoms with E-state index in [0.29, 0.717) is 47.3 Å². The van der Waals surface area contributed by atoms with Crippen molar-refractivity contribution >= 4 is 116 Å². The first kappa shape index (κ1) is 109. The zero-order valence-electron chi connectivity index (χ0n) is 82.1. The van der Waals surface area contributed by atoms with Crippen LogP contribution in [0.4, 0.5) is 22.7 Å². The van der Waals surface area contributed by atoms with Crippen LogP contribution in [0.1, 0.15) is 253 Å². The molecule has 2 fully saturated rings. The maximum absolute atomic E-state index is 6.19. The molecule has 13 aromatic rings. The molecule has 1 aliphatic carbocycles. The maximum Gasteiger partial charge on any atom is 0.102 e. The minimum atomic E-state index is -1.88. The zero-order chi connectivity index (χ0) is 97.2. The summed E-state index contributed by atoms with van der Waals surface area (Å²) in [7, 11) is 32.0. The van der Waals surface area contributed by atoms with Crippen LogP contribution in [0.5, 0.6) is 0 Å². The molecule has 2 saturated heterocycles. The van der Waals surface area contributed by atoms with Crippen molar-refractivity contribution in [2.45, 2.75) is 184 Å². The van der Waals surface area contributed by atoms with Crippen molar-refractivity contribution in [3.05, 3.63) is 448 Å². The number of nitrogens with zero attached hydrogens (tertiary/aromatic N) is 6. The first-order valence-electron chi connectivity index (χ1n) is 47.3. The average molecular weight is 2140 g/mol. The quantitative estimate of drug-likeness (QED) is 0.0304. The van der Waals surface area contributed by atoms with E-state index in [0.717, 1.165) is 62.0 Å². The van der Waals surface area contributed by atoms with Gasteiger partial charge >= 0.3 is 279 Å². The number of anilines is 4. The summed E-state index contributed by atoms with van der Waals surface area (Å²) in [6.45, 7) is 53.4. The van der Waals surface area contributed by atoms with Gasteiger partial charge in [0.25, 0.3) is 0 Å². The van der Waals surface area contributed by atoms with Gasteiger partial charge in [-0.15, -0.1) is 0 Å². The molecule has 15 heteroatoms. The summed E-state index contributed by atoms with van der Waals surface area (Å²) in [6, 6.07) is 116. The summed E-state index contributed by atoms with van der Waals surface area (Å²) in [5.74, 6) is 4.11. The Morgan fingerprint density at radius 3 is 0.874 bits per heavy atom. The second-order valence-corrected chi connectivity index (χ2v) is 51.1. The van der Waals surface area contributed by atoms with E-state index in [1.165, 1.54) is 133 Å². The van der Waals surface area contributed by atoms with E-state index in [1.807, 2.05) is 47.1 Å². The van der Waals surface area contributed by atoms with Gasteiger partial charge < -0.3 is 19.6 Å². The van der Waals surface area contributed by atoms with E-state index in [-0.39, 0.29) is 0 Å². The third kappa shape index (κ3) is 31.2. The molecule has 0 N–H and O–H groups in total. The fourth-order valence-electron chi connectivity index (χ4n) is 17.8. The molecule has 13 aromatic carbocycles. The molecule has 2 heterocycles. The van der Waals surface area contributed by atoms with Gasteiger partial charge in [-0.25, -0.2) is 0 Å². The molecule has 0 saturated carbocycles. The van der Waals surface area contributed by atoms with Gasteiger partial charge in [-0.05, 0) is 152 Å². The molecular weight excluding hydrogens is 2000 g/mol. The monoisotopic (exact) mass is 2140 g/mol. The Labute approximate surface area is 852 Å². The molecule has 135 heavy (non-hydrogen) atoms. The second kappa shape index (κ2) is 55.6. The van der Waals surface area contributed by atoms with Gasteiger partial charge in [0.2, 0.25) is 0 Å². The van der Waals surface area contributed by atoms with Crippen LogP contribution in [-0.4, -0.2) is 58.8 Å². The topological polar surface area (TPSA) is 19.4 Å². The fourth-order valence-corrected chi connectivity index (χ4v) is 24.7. The fraction of sp³-hybridized carbons (Fsp3) is 0.283. The van der Waals surface area contributed by atoms with Crippen molar-refractivity contribution in [1.29, 1.82) is 0 Å². The van der Waals surface area contributed by atoms with E-state index in [9.17, 15) is 0 Å². The molecule has 0 bridgehead atoms. The largest absolute Gasteiger partial charge is 0.102 e. The van der Waals surface area contributed by atoms with Crippen LogP contribution in [0, 0.1) is 13.3 Å². The molecule has 0 spiro atoms. The summed E-state index contributed by atoms with van der Waals surface area (Å²) in [5, 5.41) is 4.31. The van der Waals surface area contributed by atoms with Crippen molar-refractivity contribution in [2.75, 3.05) is 59.9 Å². The van der Waals surface area contributed by atoms with Crippen molar-refractivity contribution in [1.82, 2.24) is 9.80 Å². The summed E-state index contributed by atoms with van der Waals surface area (Å²) in [6.07, 6.45) is 4.07. The average Bonchev–Trinajstić information content (AvgIpc) is 1.67. The SMILES string of the molecule is C=Cc1ccccc1CN(C)Cc1ccccc1.CC(C)c1cccc(C(C)C)c1N1[CH-]N(c2c(C(C)C)cccc2C(C)C)CC1.CC(C)c1cccc(C(C)C)c1N1[CH-]N(c2c(C(C)C)cccc2C(C)C)CC1.CN(Cc1ccccc1)Cc1ccccc1[CH]=[Ru]([Cl])[Cl].[Cl][Cu].[Cl][Ru]([Cl])=[C]1C=C(c2ccccc2)c2ccccc21.c1ccc([PH+](c2ccccc2)c2ccccc2)cc1. The van der Waals surface area contributed by atoms with Gasteiger partial charge in [-0.3, -0.25) is 4.90 Å². The summed E-state index contributed by atoms with van der Waals surface area (Å²) in [4.78, 5) is 14.6. The van der Waals surface area contributed by atoms with Crippen LogP contribution < -0.4 is 35.5 Å². The third-order valence-corrected chi connectivity index (χ3v) is 32.1. The third-order valence-electron chi connectivity index (χ3n) is 24.4. The molecule has 0 amide bonds. The van der Waals surface area contributed by atoms with Crippen molar-refractivity contribution in [3.63, 3.8) is 0 Å². The minimum absolute atomic E-state index is 0.514. The Kier molecular flexibility index (Phi) is 44.8. The summed E-state index contributed by atoms with van der Waals surface area (Å²) >= 11 is 0.000969. The van der Waals surface area contributed by atoms with E-state index in [1.54, 1.807) is 0 Å². The molecule has 6 nitrogen and oxygen atoms in total. The van der Waals surface area contributed by atoms with Gasteiger partial charge in [0.15, 0.2) is 0 Å². The van der Waals surface area contributed by atoms with Crippen LogP contribution >= 0.6 is 56.8 Å². The summed E-state index contributed by atoms with van der Waals surface area (Å²) in [5.41, 5.74) is 29.8. The Morgan fingerprint density at radius 2 is 0.585 bits per heavy atom. The number of allylic oxidation sites excluding steroid dienone is 1. The van der Waals surface area contributed by atoms with Crippen molar-refractivity contribution < 1.29 is 42.1 Å². The number of halogens is 5. The molecule has 2 aliphatic heterocycles. The number of fused-ring (bicyclic) bond motifs is 1. The molecular formula is C120H140Cl5CuN6PRu2-. The van der Waals surface area contributed by atoms with Crippen molar-refractivity contribution in [2.24, 2.45) is 0 Å². The standard InChI is InChI=1S/2C27H39N2.C18H15P.C17H19N.C16H17N.C15H10.5ClH.Cu.2Ru/c2*1-18(2)22-11-9-12-23(19(3)4)26(22)28-15-16-29(17-28)27-24(20(5)6)13-10-14-25(27)21(7)8;1-4-10-16(11-5-1)19(17-12-6-2-7-13-17)18-14-8-3-9-15-18;1-3-16-11-7-8-12-17(16)14-18(2)13-15-9-5-4-6-10-15;1-14-8-6-7-11-16(14)13-17(2)12-15-9-4-3-5-10-15;1-2-6-12(7-3-1)15-11-10-13-8-4-5-9-14(13)15;;;;;;;;/h2*9-14,17-21H,15-16H2,1-8H3;1-15H;3-12H,1,13-14H2,2H3;1,3-11H,12-13H2,2H3;1-9,11H;5*1H;;;/q2*-1;;;;;;;;;;+1;2*+2/p-4. The van der Waals surface area contributed by atoms with Crippen molar-refractivity contribution in [3.8, 4) is 0 Å². The van der Waals surface area contributed by atoms with Crippen LogP contribution in [-0.2, 0) is 68.3 Å². The number of rotatable bonds is 26. The zero-order valence-corrected chi connectivity index (χ0v) is 91.3. The molecule has 0 unspecified atom stereocenters. The van der Waals surface area contributed by atoms with E-state index < -0.39 is 35.0 Å². The Balaban J connectivity index is 0.000000169. The van der Waals surface area contributed by atoms with Gasteiger partial charge in [0.05, 0.1) is 7.92 Å². The minimum Gasteiger partial charge on any atom is -0.0620 e.